The van der Waals surface area contributed by atoms with E-state index in [4.69, 9.17) is 4.74 Å². The number of ether oxygens (including phenoxy) is 1. The maximum absolute atomic E-state index is 5.38. The number of nitrogens with zero attached hydrogens (tertiary/aromatic N) is 2. The smallest absolute Gasteiger partial charge is 0.207 e. The molecule has 0 fully saturated rings. The maximum atomic E-state index is 5.38. The van der Waals surface area contributed by atoms with Gasteiger partial charge in [-0.25, -0.2) is 4.98 Å². The standard InChI is InChI=1S/C13H17N3O/c1-4-14-13-15-7-8-16(13)11-9-10(2)5-6-12(11)17-3/h5-9H,4H2,1-3H3,(H,14,15). The zero-order valence-corrected chi connectivity index (χ0v) is 10.4. The van der Waals surface area contributed by atoms with Gasteiger partial charge in [0.1, 0.15) is 5.75 Å². The normalized spacial score (nSPS) is 10.3. The summed E-state index contributed by atoms with van der Waals surface area (Å²) in [7, 11) is 1.68. The minimum atomic E-state index is 0.830. The molecule has 0 spiro atoms. The number of imidazole rings is 1. The second-order valence-electron chi connectivity index (χ2n) is 3.83. The van der Waals surface area contributed by atoms with Gasteiger partial charge in [-0.05, 0) is 31.5 Å². The molecule has 0 aliphatic rings. The predicted molar refractivity (Wildman–Crippen MR) is 69.0 cm³/mol. The number of aromatic nitrogens is 2. The summed E-state index contributed by atoms with van der Waals surface area (Å²) in [5.41, 5.74) is 2.19. The Bertz CT molecular complexity index is 505. The number of benzene rings is 1. The number of nitrogens with one attached hydrogen (secondary N) is 1. The first-order chi connectivity index (χ1) is 8.26. The molecule has 0 aliphatic carbocycles. The lowest BCUT2D eigenvalue weighted by atomic mass is 10.2. The van der Waals surface area contributed by atoms with Crippen LogP contribution in [0.1, 0.15) is 12.5 Å². The Labute approximate surface area is 101 Å². The molecule has 0 amide bonds. The molecule has 4 heteroatoms. The van der Waals surface area contributed by atoms with Crippen molar-refractivity contribution in [3.05, 3.63) is 36.2 Å². The van der Waals surface area contributed by atoms with Crippen LogP contribution < -0.4 is 10.1 Å². The Morgan fingerprint density at radius 2 is 2.24 bits per heavy atom. The first kappa shape index (κ1) is 11.5. The molecule has 0 radical (unpaired) electrons. The lowest BCUT2D eigenvalue weighted by Crippen LogP contribution is -2.06. The van der Waals surface area contributed by atoms with Gasteiger partial charge in [-0.2, -0.15) is 0 Å². The molecule has 1 heterocycles. The first-order valence-electron chi connectivity index (χ1n) is 5.68. The monoisotopic (exact) mass is 231 g/mol. The van der Waals surface area contributed by atoms with Crippen LogP contribution in [0, 0.1) is 6.92 Å². The molecule has 0 bridgehead atoms. The molecule has 2 aromatic rings. The van der Waals surface area contributed by atoms with Gasteiger partial charge >= 0.3 is 0 Å². The predicted octanol–water partition coefficient (Wildman–Crippen LogP) is 2.62. The molecule has 0 saturated carbocycles. The van der Waals surface area contributed by atoms with Crippen molar-refractivity contribution in [3.8, 4) is 11.4 Å². The first-order valence-corrected chi connectivity index (χ1v) is 5.68. The highest BCUT2D eigenvalue weighted by atomic mass is 16.5. The largest absolute Gasteiger partial charge is 0.495 e. The molecular formula is C13H17N3O. The zero-order chi connectivity index (χ0) is 12.3. The molecule has 17 heavy (non-hydrogen) atoms. The number of hydrogen-bond acceptors (Lipinski definition) is 3. The van der Waals surface area contributed by atoms with Crippen molar-refractivity contribution in [1.82, 2.24) is 9.55 Å². The van der Waals surface area contributed by atoms with Gasteiger partial charge in [0.05, 0.1) is 12.8 Å². The Kier molecular flexibility index (Phi) is 3.32. The summed E-state index contributed by atoms with van der Waals surface area (Å²) in [5, 5.41) is 3.22. The summed E-state index contributed by atoms with van der Waals surface area (Å²) in [5.74, 6) is 1.67. The van der Waals surface area contributed by atoms with Crippen LogP contribution in [0.4, 0.5) is 5.95 Å². The number of aryl methyl sites for hydroxylation is 1. The van der Waals surface area contributed by atoms with E-state index >= 15 is 0 Å². The van der Waals surface area contributed by atoms with E-state index in [1.165, 1.54) is 5.56 Å². The van der Waals surface area contributed by atoms with E-state index in [9.17, 15) is 0 Å². The quantitative estimate of drug-likeness (QED) is 0.879. The Balaban J connectivity index is 2.51. The topological polar surface area (TPSA) is 39.1 Å². The van der Waals surface area contributed by atoms with Crippen molar-refractivity contribution in [2.24, 2.45) is 0 Å². The van der Waals surface area contributed by atoms with Crippen LogP contribution in [0.2, 0.25) is 0 Å². The summed E-state index contributed by atoms with van der Waals surface area (Å²) in [6.45, 7) is 4.95. The Morgan fingerprint density at radius 3 is 2.94 bits per heavy atom. The molecule has 1 aromatic carbocycles. The highest BCUT2D eigenvalue weighted by molar-refractivity contribution is 5.53. The van der Waals surface area contributed by atoms with E-state index in [1.807, 2.05) is 29.8 Å². The second-order valence-corrected chi connectivity index (χ2v) is 3.83. The fourth-order valence-corrected chi connectivity index (χ4v) is 1.78. The van der Waals surface area contributed by atoms with Crippen LogP contribution in [-0.2, 0) is 0 Å². The average molecular weight is 231 g/mol. The maximum Gasteiger partial charge on any atom is 0.207 e. The van der Waals surface area contributed by atoms with E-state index < -0.39 is 0 Å². The van der Waals surface area contributed by atoms with Crippen LogP contribution in [0.25, 0.3) is 5.69 Å². The number of rotatable bonds is 4. The molecule has 1 aromatic heterocycles. The van der Waals surface area contributed by atoms with Gasteiger partial charge in [0.2, 0.25) is 5.95 Å². The van der Waals surface area contributed by atoms with Crippen LogP contribution in [-0.4, -0.2) is 23.2 Å². The molecule has 0 unspecified atom stereocenters. The van der Waals surface area contributed by atoms with Gasteiger partial charge in [0, 0.05) is 18.9 Å². The molecule has 1 N–H and O–H groups in total. The lowest BCUT2D eigenvalue weighted by molar-refractivity contribution is 0.413. The Morgan fingerprint density at radius 1 is 1.41 bits per heavy atom. The van der Waals surface area contributed by atoms with Crippen molar-refractivity contribution in [1.29, 1.82) is 0 Å². The van der Waals surface area contributed by atoms with E-state index in [0.717, 1.165) is 23.9 Å². The van der Waals surface area contributed by atoms with Crippen molar-refractivity contribution in [3.63, 3.8) is 0 Å². The van der Waals surface area contributed by atoms with Crippen LogP contribution in [0.15, 0.2) is 30.6 Å². The highest BCUT2D eigenvalue weighted by Crippen LogP contribution is 2.26. The van der Waals surface area contributed by atoms with Crippen molar-refractivity contribution >= 4 is 5.95 Å². The van der Waals surface area contributed by atoms with Crippen molar-refractivity contribution < 1.29 is 4.74 Å². The molecule has 2 rings (SSSR count). The Hall–Kier alpha value is -1.97. The number of methoxy groups -OCH3 is 1. The SMILES string of the molecule is CCNc1nccn1-c1cc(C)ccc1OC. The third kappa shape index (κ3) is 2.25. The summed E-state index contributed by atoms with van der Waals surface area (Å²) < 4.78 is 7.38. The summed E-state index contributed by atoms with van der Waals surface area (Å²) in [4.78, 5) is 4.28. The van der Waals surface area contributed by atoms with Crippen LogP contribution >= 0.6 is 0 Å². The van der Waals surface area contributed by atoms with E-state index in [0.29, 0.717) is 0 Å². The van der Waals surface area contributed by atoms with Crippen molar-refractivity contribution in [2.75, 3.05) is 19.0 Å². The fourth-order valence-electron chi connectivity index (χ4n) is 1.78. The van der Waals surface area contributed by atoms with E-state index in [2.05, 4.69) is 23.3 Å². The molecule has 0 saturated heterocycles. The number of hydrogen-bond donors (Lipinski definition) is 1. The van der Waals surface area contributed by atoms with Gasteiger partial charge in [0.25, 0.3) is 0 Å². The minimum absolute atomic E-state index is 0.830. The van der Waals surface area contributed by atoms with Gasteiger partial charge in [-0.3, -0.25) is 4.57 Å². The average Bonchev–Trinajstić information content (AvgIpc) is 2.77. The second kappa shape index (κ2) is 4.91. The molecule has 0 aliphatic heterocycles. The van der Waals surface area contributed by atoms with E-state index in [1.54, 1.807) is 13.3 Å². The van der Waals surface area contributed by atoms with E-state index in [-0.39, 0.29) is 0 Å². The molecule has 90 valence electrons. The molecular weight excluding hydrogens is 214 g/mol. The summed E-state index contributed by atoms with van der Waals surface area (Å²) in [6.07, 6.45) is 3.70. The van der Waals surface area contributed by atoms with Crippen LogP contribution in [0.3, 0.4) is 0 Å². The zero-order valence-electron chi connectivity index (χ0n) is 10.4. The fraction of sp³-hybridized carbons (Fsp3) is 0.308. The highest BCUT2D eigenvalue weighted by Gasteiger charge is 2.09. The van der Waals surface area contributed by atoms with Gasteiger partial charge in [0.15, 0.2) is 0 Å². The van der Waals surface area contributed by atoms with Gasteiger partial charge in [-0.15, -0.1) is 0 Å². The number of anilines is 1. The van der Waals surface area contributed by atoms with Gasteiger partial charge in [-0.1, -0.05) is 6.07 Å². The summed E-state index contributed by atoms with van der Waals surface area (Å²) in [6, 6.07) is 6.09. The van der Waals surface area contributed by atoms with Crippen molar-refractivity contribution in [2.45, 2.75) is 13.8 Å². The third-order valence-corrected chi connectivity index (χ3v) is 2.57. The lowest BCUT2D eigenvalue weighted by Gasteiger charge is -2.13. The molecule has 0 atom stereocenters. The minimum Gasteiger partial charge on any atom is -0.495 e. The third-order valence-electron chi connectivity index (χ3n) is 2.57. The summed E-state index contributed by atoms with van der Waals surface area (Å²) >= 11 is 0. The van der Waals surface area contributed by atoms with Gasteiger partial charge < -0.3 is 10.1 Å². The molecule has 4 nitrogen and oxygen atoms in total. The van der Waals surface area contributed by atoms with Crippen LogP contribution in [0.5, 0.6) is 5.75 Å².